The molecule has 2 aliphatic rings. The summed E-state index contributed by atoms with van der Waals surface area (Å²) in [6.45, 7) is 0.846. The van der Waals surface area contributed by atoms with Crippen LogP contribution in [0.3, 0.4) is 0 Å². The summed E-state index contributed by atoms with van der Waals surface area (Å²) < 4.78 is 11.3. The molecule has 1 N–H and O–H groups in total. The van der Waals surface area contributed by atoms with Gasteiger partial charge in [0.25, 0.3) is 0 Å². The fourth-order valence-electron chi connectivity index (χ4n) is 4.60. The van der Waals surface area contributed by atoms with Crippen LogP contribution < -0.4 is 10.4 Å². The van der Waals surface area contributed by atoms with E-state index in [2.05, 4.69) is 11.9 Å². The van der Waals surface area contributed by atoms with Crippen LogP contribution >= 0.6 is 12.4 Å². The van der Waals surface area contributed by atoms with E-state index in [1.807, 2.05) is 12.1 Å². The van der Waals surface area contributed by atoms with Gasteiger partial charge in [-0.2, -0.15) is 0 Å². The fourth-order valence-corrected chi connectivity index (χ4v) is 4.60. The lowest BCUT2D eigenvalue weighted by Crippen LogP contribution is -2.40. The summed E-state index contributed by atoms with van der Waals surface area (Å²) in [4.78, 5) is 14.4. The number of nitrogens with zero attached hydrogens (tertiary/aromatic N) is 1. The first-order chi connectivity index (χ1) is 13.1. The van der Waals surface area contributed by atoms with Crippen LogP contribution in [0, 0.1) is 0 Å². The Morgan fingerprint density at radius 1 is 1.18 bits per heavy atom. The highest BCUT2D eigenvalue weighted by Crippen LogP contribution is 2.29. The summed E-state index contributed by atoms with van der Waals surface area (Å²) in [5.74, 6) is 0.628. The Hall–Kier alpha value is -1.56. The summed E-state index contributed by atoms with van der Waals surface area (Å²) in [6, 6.07) is 6.22. The van der Waals surface area contributed by atoms with Crippen molar-refractivity contribution in [3.8, 4) is 5.75 Å². The summed E-state index contributed by atoms with van der Waals surface area (Å²) >= 11 is 0. The van der Waals surface area contributed by atoms with Crippen LogP contribution in [0.15, 0.2) is 27.4 Å². The second kappa shape index (κ2) is 9.29. The molecule has 154 valence electrons. The van der Waals surface area contributed by atoms with Gasteiger partial charge in [0.15, 0.2) is 0 Å². The molecule has 0 radical (unpaired) electrons. The minimum absolute atomic E-state index is 0. The zero-order chi connectivity index (χ0) is 18.8. The molecular weight excluding hydrogens is 378 g/mol. The molecule has 6 heteroatoms. The standard InChI is InChI=1S/C22H29NO4.ClH/c1-23(15-6-3-2-4-7-15)13-16(24)14-26-17-10-11-19-18-8-5-9-20(18)22(25)27-21(19)12-17;/h10-12,15-16,24H,2-9,13-14H2,1H3;1H. The van der Waals surface area contributed by atoms with E-state index < -0.39 is 6.10 Å². The zero-order valence-corrected chi connectivity index (χ0v) is 17.3. The number of aryl methyl sites for hydroxylation is 1. The number of aliphatic hydroxyl groups is 1. The van der Waals surface area contributed by atoms with Crippen molar-refractivity contribution >= 4 is 23.4 Å². The summed E-state index contributed by atoms with van der Waals surface area (Å²) in [6.07, 6.45) is 8.56. The SMILES string of the molecule is CN(CC(O)COc1ccc2c3c(c(=O)oc2c1)CCC3)C1CCCCC1.Cl. The number of benzene rings is 1. The number of aliphatic hydroxyl groups excluding tert-OH is 1. The van der Waals surface area contributed by atoms with E-state index in [1.165, 1.54) is 32.1 Å². The van der Waals surface area contributed by atoms with Gasteiger partial charge in [-0.15, -0.1) is 12.4 Å². The topological polar surface area (TPSA) is 62.9 Å². The third kappa shape index (κ3) is 4.53. The van der Waals surface area contributed by atoms with E-state index in [0.29, 0.717) is 23.9 Å². The maximum absolute atomic E-state index is 12.1. The lowest BCUT2D eigenvalue weighted by molar-refractivity contribution is 0.0562. The van der Waals surface area contributed by atoms with Crippen LogP contribution in [-0.2, 0) is 12.8 Å². The van der Waals surface area contributed by atoms with Crippen LogP contribution in [0.1, 0.15) is 49.7 Å². The van der Waals surface area contributed by atoms with Crippen molar-refractivity contribution in [1.82, 2.24) is 4.90 Å². The van der Waals surface area contributed by atoms with Gasteiger partial charge in [-0.05, 0) is 56.8 Å². The molecule has 2 aliphatic carbocycles. The van der Waals surface area contributed by atoms with Gasteiger partial charge in [0, 0.05) is 29.6 Å². The van der Waals surface area contributed by atoms with Crippen molar-refractivity contribution in [2.75, 3.05) is 20.2 Å². The van der Waals surface area contributed by atoms with Crippen LogP contribution in [0.5, 0.6) is 5.75 Å². The van der Waals surface area contributed by atoms with Crippen LogP contribution in [0.4, 0.5) is 0 Å². The van der Waals surface area contributed by atoms with E-state index in [-0.39, 0.29) is 24.6 Å². The Kier molecular flexibility index (Phi) is 7.02. The largest absolute Gasteiger partial charge is 0.491 e. The molecule has 0 amide bonds. The first kappa shape index (κ1) is 21.2. The molecule has 0 bridgehead atoms. The van der Waals surface area contributed by atoms with Crippen molar-refractivity contribution < 1.29 is 14.3 Å². The summed E-state index contributed by atoms with van der Waals surface area (Å²) in [7, 11) is 2.09. The van der Waals surface area contributed by atoms with Gasteiger partial charge in [0.1, 0.15) is 24.0 Å². The van der Waals surface area contributed by atoms with Crippen LogP contribution in [-0.4, -0.2) is 42.4 Å². The fraction of sp³-hybridized carbons (Fsp3) is 0.591. The third-order valence-electron chi connectivity index (χ3n) is 6.08. The molecule has 28 heavy (non-hydrogen) atoms. The molecule has 1 saturated carbocycles. The normalized spacial score (nSPS) is 18.1. The van der Waals surface area contributed by atoms with Crippen molar-refractivity contribution in [1.29, 1.82) is 0 Å². The molecule has 1 aromatic carbocycles. The average Bonchev–Trinajstić information content (AvgIpc) is 3.18. The lowest BCUT2D eigenvalue weighted by atomic mass is 9.94. The predicted molar refractivity (Wildman–Crippen MR) is 113 cm³/mol. The molecule has 1 unspecified atom stereocenters. The second-order valence-corrected chi connectivity index (χ2v) is 8.05. The van der Waals surface area contributed by atoms with Crippen molar-refractivity contribution in [3.05, 3.63) is 39.7 Å². The average molecular weight is 408 g/mol. The summed E-state index contributed by atoms with van der Waals surface area (Å²) in [5, 5.41) is 11.4. The van der Waals surface area contributed by atoms with Gasteiger partial charge in [-0.3, -0.25) is 0 Å². The number of rotatable bonds is 6. The van der Waals surface area contributed by atoms with Crippen molar-refractivity contribution in [2.45, 2.75) is 63.5 Å². The monoisotopic (exact) mass is 407 g/mol. The first-order valence-electron chi connectivity index (χ1n) is 10.2. The maximum Gasteiger partial charge on any atom is 0.339 e. The Labute approximate surface area is 172 Å². The molecule has 1 atom stereocenters. The summed E-state index contributed by atoms with van der Waals surface area (Å²) in [5.41, 5.74) is 2.31. The Balaban J connectivity index is 0.00000225. The number of ether oxygens (including phenoxy) is 1. The van der Waals surface area contributed by atoms with Crippen molar-refractivity contribution in [2.24, 2.45) is 0 Å². The van der Waals surface area contributed by atoms with E-state index in [4.69, 9.17) is 9.15 Å². The van der Waals surface area contributed by atoms with Crippen LogP contribution in [0.25, 0.3) is 11.0 Å². The number of fused-ring (bicyclic) bond motifs is 3. The van der Waals surface area contributed by atoms with Gasteiger partial charge in [-0.25, -0.2) is 4.79 Å². The molecule has 5 nitrogen and oxygen atoms in total. The molecular formula is C22H30ClNO4. The highest BCUT2D eigenvalue weighted by atomic mass is 35.5. The third-order valence-corrected chi connectivity index (χ3v) is 6.08. The number of hydrogen-bond acceptors (Lipinski definition) is 5. The minimum atomic E-state index is -0.542. The molecule has 2 aromatic rings. The molecule has 4 rings (SSSR count). The van der Waals surface area contributed by atoms with Gasteiger partial charge in [0.05, 0.1) is 0 Å². The molecule has 0 spiro atoms. The van der Waals surface area contributed by atoms with E-state index >= 15 is 0 Å². The van der Waals surface area contributed by atoms with Gasteiger partial charge in [-0.1, -0.05) is 19.3 Å². The smallest absolute Gasteiger partial charge is 0.339 e. The minimum Gasteiger partial charge on any atom is -0.491 e. The first-order valence-corrected chi connectivity index (χ1v) is 10.2. The van der Waals surface area contributed by atoms with E-state index in [9.17, 15) is 9.90 Å². The number of likely N-dealkylation sites (N-methyl/N-ethyl adjacent to an activating group) is 1. The van der Waals surface area contributed by atoms with E-state index in [1.54, 1.807) is 6.07 Å². The van der Waals surface area contributed by atoms with E-state index in [0.717, 1.165) is 35.8 Å². The molecule has 0 aliphatic heterocycles. The molecule has 1 aromatic heterocycles. The predicted octanol–water partition coefficient (Wildman–Crippen LogP) is 3.71. The number of hydrogen-bond donors (Lipinski definition) is 1. The molecule has 1 fully saturated rings. The Bertz CT molecular complexity index is 859. The van der Waals surface area contributed by atoms with Gasteiger partial charge in [0.2, 0.25) is 0 Å². The zero-order valence-electron chi connectivity index (χ0n) is 16.5. The van der Waals surface area contributed by atoms with Gasteiger partial charge >= 0.3 is 5.63 Å². The number of halogens is 1. The molecule has 1 heterocycles. The van der Waals surface area contributed by atoms with Gasteiger partial charge < -0.3 is 19.2 Å². The Morgan fingerprint density at radius 2 is 1.93 bits per heavy atom. The lowest BCUT2D eigenvalue weighted by Gasteiger charge is -2.32. The highest BCUT2D eigenvalue weighted by molar-refractivity contribution is 5.85. The van der Waals surface area contributed by atoms with Crippen molar-refractivity contribution in [3.63, 3.8) is 0 Å². The molecule has 0 saturated heterocycles. The Morgan fingerprint density at radius 3 is 2.71 bits per heavy atom. The second-order valence-electron chi connectivity index (χ2n) is 8.05. The highest BCUT2D eigenvalue weighted by Gasteiger charge is 2.21. The maximum atomic E-state index is 12.1. The van der Waals surface area contributed by atoms with Crippen LogP contribution in [0.2, 0.25) is 0 Å². The quantitative estimate of drug-likeness (QED) is 0.739.